The first kappa shape index (κ1) is 21.1. The highest BCUT2D eigenvalue weighted by Gasteiger charge is 2.19. The molecule has 6 heteroatoms. The summed E-state index contributed by atoms with van der Waals surface area (Å²) < 4.78 is 0. The van der Waals surface area contributed by atoms with Gasteiger partial charge in [-0.15, -0.1) is 24.8 Å². The number of benzene rings is 1. The highest BCUT2D eigenvalue weighted by atomic mass is 35.5. The summed E-state index contributed by atoms with van der Waals surface area (Å²) in [5.74, 6) is 0.127. The molecule has 1 aromatic carbocycles. The molecular weight excluding hydrogens is 345 g/mol. The summed E-state index contributed by atoms with van der Waals surface area (Å²) in [5, 5.41) is 6.52. The Morgan fingerprint density at radius 1 is 1.08 bits per heavy atom. The standard InChI is InChI=1S/C18H27N3O.2ClH/c22-18(14-15-8-7-11-19-15)20-16-9-3-4-10-17(16)21-12-5-1-2-6-13-21;;/h3-4,9-10,15,19H,1-2,5-8,11-14H2,(H,20,22);2*1H. The number of rotatable bonds is 4. The fraction of sp³-hybridized carbons (Fsp3) is 0.611. The molecular formula is C18H29Cl2N3O. The molecule has 0 radical (unpaired) electrons. The molecule has 2 aliphatic rings. The van der Waals surface area contributed by atoms with Gasteiger partial charge in [-0.1, -0.05) is 25.0 Å². The normalized spacial score (nSPS) is 20.5. The van der Waals surface area contributed by atoms with Gasteiger partial charge in [-0.05, 0) is 44.4 Å². The van der Waals surface area contributed by atoms with Crippen LogP contribution >= 0.6 is 24.8 Å². The van der Waals surface area contributed by atoms with Crippen LogP contribution in [0.15, 0.2) is 24.3 Å². The molecule has 1 amide bonds. The zero-order valence-corrected chi connectivity index (χ0v) is 15.8. The van der Waals surface area contributed by atoms with Gasteiger partial charge in [0, 0.05) is 25.6 Å². The fourth-order valence-electron chi connectivity index (χ4n) is 3.52. The lowest BCUT2D eigenvalue weighted by molar-refractivity contribution is -0.116. The van der Waals surface area contributed by atoms with Crippen LogP contribution in [-0.4, -0.2) is 31.6 Å². The third-order valence-corrected chi connectivity index (χ3v) is 4.72. The van der Waals surface area contributed by atoms with E-state index in [1.54, 1.807) is 0 Å². The minimum absolute atomic E-state index is 0. The van der Waals surface area contributed by atoms with Crippen molar-refractivity contribution in [1.82, 2.24) is 5.32 Å². The van der Waals surface area contributed by atoms with Crippen LogP contribution in [0.5, 0.6) is 0 Å². The van der Waals surface area contributed by atoms with E-state index in [2.05, 4.69) is 27.7 Å². The first-order valence-corrected chi connectivity index (χ1v) is 8.70. The van der Waals surface area contributed by atoms with E-state index in [-0.39, 0.29) is 30.7 Å². The average molecular weight is 374 g/mol. The van der Waals surface area contributed by atoms with Crippen LogP contribution in [0.3, 0.4) is 0 Å². The Labute approximate surface area is 157 Å². The third kappa shape index (κ3) is 5.83. The van der Waals surface area contributed by atoms with Crippen LogP contribution in [0.1, 0.15) is 44.9 Å². The molecule has 0 saturated carbocycles. The van der Waals surface area contributed by atoms with E-state index < -0.39 is 0 Å². The molecule has 2 aliphatic heterocycles. The number of hydrogen-bond donors (Lipinski definition) is 2. The number of carbonyl (C=O) groups excluding carboxylic acids is 1. The minimum Gasteiger partial charge on any atom is -0.370 e. The summed E-state index contributed by atoms with van der Waals surface area (Å²) in [7, 11) is 0. The molecule has 1 aromatic rings. The molecule has 3 rings (SSSR count). The molecule has 2 N–H and O–H groups in total. The highest BCUT2D eigenvalue weighted by Crippen LogP contribution is 2.28. The zero-order valence-electron chi connectivity index (χ0n) is 14.1. The van der Waals surface area contributed by atoms with E-state index in [1.807, 2.05) is 12.1 Å². The van der Waals surface area contributed by atoms with Crippen molar-refractivity contribution in [2.24, 2.45) is 0 Å². The van der Waals surface area contributed by atoms with E-state index in [9.17, 15) is 4.79 Å². The number of carbonyl (C=O) groups is 1. The van der Waals surface area contributed by atoms with E-state index >= 15 is 0 Å². The number of anilines is 2. The van der Waals surface area contributed by atoms with Crippen LogP contribution in [-0.2, 0) is 4.79 Å². The molecule has 2 fully saturated rings. The molecule has 136 valence electrons. The van der Waals surface area contributed by atoms with Gasteiger partial charge in [0.25, 0.3) is 0 Å². The lowest BCUT2D eigenvalue weighted by Crippen LogP contribution is -2.29. The average Bonchev–Trinajstić information content (AvgIpc) is 2.87. The Morgan fingerprint density at radius 3 is 2.46 bits per heavy atom. The molecule has 1 unspecified atom stereocenters. The SMILES string of the molecule is Cl.Cl.O=C(CC1CCCN1)Nc1ccccc1N1CCCCCC1. The maximum atomic E-state index is 12.3. The van der Waals surface area contributed by atoms with Crippen molar-refractivity contribution < 1.29 is 4.79 Å². The molecule has 0 aliphatic carbocycles. The lowest BCUT2D eigenvalue weighted by Gasteiger charge is -2.25. The van der Waals surface area contributed by atoms with Crippen molar-refractivity contribution in [1.29, 1.82) is 0 Å². The van der Waals surface area contributed by atoms with Crippen molar-refractivity contribution in [2.45, 2.75) is 51.0 Å². The summed E-state index contributed by atoms with van der Waals surface area (Å²) in [6.07, 6.45) is 8.00. The predicted octanol–water partition coefficient (Wildman–Crippen LogP) is 3.99. The quantitative estimate of drug-likeness (QED) is 0.838. The van der Waals surface area contributed by atoms with Gasteiger partial charge in [-0.25, -0.2) is 0 Å². The van der Waals surface area contributed by atoms with Gasteiger partial charge in [-0.2, -0.15) is 0 Å². The van der Waals surface area contributed by atoms with Gasteiger partial charge in [0.15, 0.2) is 0 Å². The van der Waals surface area contributed by atoms with Crippen LogP contribution in [0.4, 0.5) is 11.4 Å². The third-order valence-electron chi connectivity index (χ3n) is 4.72. The molecule has 2 heterocycles. The van der Waals surface area contributed by atoms with Gasteiger partial charge in [0.05, 0.1) is 11.4 Å². The molecule has 0 aromatic heterocycles. The van der Waals surface area contributed by atoms with Gasteiger partial charge >= 0.3 is 0 Å². The lowest BCUT2D eigenvalue weighted by atomic mass is 10.1. The minimum atomic E-state index is 0. The molecule has 4 nitrogen and oxygen atoms in total. The topological polar surface area (TPSA) is 44.4 Å². The van der Waals surface area contributed by atoms with Crippen molar-refractivity contribution in [2.75, 3.05) is 29.9 Å². The van der Waals surface area contributed by atoms with Gasteiger partial charge in [-0.3, -0.25) is 4.79 Å². The first-order valence-electron chi connectivity index (χ1n) is 8.70. The summed E-state index contributed by atoms with van der Waals surface area (Å²) in [6, 6.07) is 8.58. The Bertz CT molecular complexity index is 499. The molecule has 0 bridgehead atoms. The van der Waals surface area contributed by atoms with Crippen LogP contribution in [0, 0.1) is 0 Å². The van der Waals surface area contributed by atoms with Crippen molar-refractivity contribution in [3.05, 3.63) is 24.3 Å². The number of amides is 1. The summed E-state index contributed by atoms with van der Waals surface area (Å²) in [5.41, 5.74) is 2.14. The molecule has 0 spiro atoms. The number of halogens is 2. The van der Waals surface area contributed by atoms with E-state index in [0.717, 1.165) is 31.7 Å². The second-order valence-corrected chi connectivity index (χ2v) is 6.46. The Balaban J connectivity index is 0.00000144. The van der Waals surface area contributed by atoms with E-state index in [1.165, 1.54) is 37.8 Å². The number of para-hydroxylation sites is 2. The maximum Gasteiger partial charge on any atom is 0.225 e. The summed E-state index contributed by atoms with van der Waals surface area (Å²) in [6.45, 7) is 3.23. The smallest absolute Gasteiger partial charge is 0.225 e. The van der Waals surface area contributed by atoms with Crippen LogP contribution < -0.4 is 15.5 Å². The maximum absolute atomic E-state index is 12.3. The molecule has 24 heavy (non-hydrogen) atoms. The Morgan fingerprint density at radius 2 is 1.79 bits per heavy atom. The highest BCUT2D eigenvalue weighted by molar-refractivity contribution is 5.94. The van der Waals surface area contributed by atoms with E-state index in [0.29, 0.717) is 12.5 Å². The summed E-state index contributed by atoms with van der Waals surface area (Å²) >= 11 is 0. The number of hydrogen-bond acceptors (Lipinski definition) is 3. The number of nitrogens with zero attached hydrogens (tertiary/aromatic N) is 1. The van der Waals surface area contributed by atoms with Gasteiger partial charge in [0.2, 0.25) is 5.91 Å². The van der Waals surface area contributed by atoms with E-state index in [4.69, 9.17) is 0 Å². The first-order chi connectivity index (χ1) is 10.8. The largest absolute Gasteiger partial charge is 0.370 e. The van der Waals surface area contributed by atoms with Crippen LogP contribution in [0.25, 0.3) is 0 Å². The molecule has 1 atom stereocenters. The molecule has 2 saturated heterocycles. The second-order valence-electron chi connectivity index (χ2n) is 6.46. The Hall–Kier alpha value is -0.970. The fourth-order valence-corrected chi connectivity index (χ4v) is 3.52. The van der Waals surface area contributed by atoms with Crippen molar-refractivity contribution in [3.63, 3.8) is 0 Å². The Kier molecular flexibility index (Phi) is 9.49. The second kappa shape index (κ2) is 10.8. The van der Waals surface area contributed by atoms with Gasteiger partial charge in [0.1, 0.15) is 0 Å². The van der Waals surface area contributed by atoms with Crippen molar-refractivity contribution >= 4 is 42.1 Å². The van der Waals surface area contributed by atoms with Gasteiger partial charge < -0.3 is 15.5 Å². The zero-order chi connectivity index (χ0) is 15.2. The number of nitrogens with one attached hydrogen (secondary N) is 2. The summed E-state index contributed by atoms with van der Waals surface area (Å²) in [4.78, 5) is 14.7. The van der Waals surface area contributed by atoms with Crippen LogP contribution in [0.2, 0.25) is 0 Å². The monoisotopic (exact) mass is 373 g/mol. The van der Waals surface area contributed by atoms with Crippen molar-refractivity contribution in [3.8, 4) is 0 Å². The predicted molar refractivity (Wildman–Crippen MR) is 106 cm³/mol.